The number of carbonyl (C=O) groups excluding carboxylic acids is 2. The van der Waals surface area contributed by atoms with E-state index in [9.17, 15) is 27.2 Å². The lowest BCUT2D eigenvalue weighted by Crippen LogP contribution is -2.69. The van der Waals surface area contributed by atoms with Gasteiger partial charge in [-0.2, -0.15) is 13.2 Å². The average molecular weight is 419 g/mol. The third-order valence-electron chi connectivity index (χ3n) is 3.59. The Morgan fingerprint density at radius 3 is 2.11 bits per heavy atom. The van der Waals surface area contributed by atoms with E-state index in [0.29, 0.717) is 0 Å². The molecule has 0 aromatic heterocycles. The van der Waals surface area contributed by atoms with E-state index in [1.54, 1.807) is 5.32 Å². The van der Waals surface area contributed by atoms with Crippen molar-refractivity contribution >= 4 is 29.2 Å². The normalized spacial score (nSPS) is 13.4. The molecule has 10 heteroatoms. The molecule has 0 spiro atoms. The van der Waals surface area contributed by atoms with Gasteiger partial charge < -0.3 is 15.4 Å². The number of anilines is 1. The van der Waals surface area contributed by atoms with Crippen molar-refractivity contribution in [3.05, 3.63) is 64.9 Å². The van der Waals surface area contributed by atoms with Gasteiger partial charge in [0.05, 0.1) is 6.61 Å². The van der Waals surface area contributed by atoms with Gasteiger partial charge in [0.2, 0.25) is 0 Å². The maximum atomic E-state index is 14.0. The summed E-state index contributed by atoms with van der Waals surface area (Å²) in [7, 11) is 0. The molecule has 0 fully saturated rings. The highest BCUT2D eigenvalue weighted by Gasteiger charge is 2.63. The smallest absolute Gasteiger partial charge is 0.441 e. The van der Waals surface area contributed by atoms with Crippen molar-refractivity contribution in [3.8, 4) is 0 Å². The van der Waals surface area contributed by atoms with Crippen LogP contribution in [0.15, 0.2) is 48.5 Å². The quantitative estimate of drug-likeness (QED) is 0.420. The van der Waals surface area contributed by atoms with Gasteiger partial charge in [-0.15, -0.1) is 0 Å². The lowest BCUT2D eigenvalue weighted by molar-refractivity contribution is -0.204. The fourth-order valence-electron chi connectivity index (χ4n) is 2.22. The minimum Gasteiger partial charge on any atom is -0.463 e. The van der Waals surface area contributed by atoms with Crippen LogP contribution in [-0.4, -0.2) is 30.3 Å². The Morgan fingerprint density at radius 1 is 1.04 bits per heavy atom. The number of nitrogens with one attached hydrogen (secondary N) is 2. The van der Waals surface area contributed by atoms with E-state index >= 15 is 0 Å². The van der Waals surface area contributed by atoms with Gasteiger partial charge in [0, 0.05) is 16.3 Å². The molecule has 0 saturated carbocycles. The first-order chi connectivity index (χ1) is 13.1. The molecular weight excluding hydrogens is 404 g/mol. The number of alkyl halides is 3. The highest BCUT2D eigenvalue weighted by molar-refractivity contribution is 6.30. The molecule has 0 saturated heterocycles. The number of halogens is 5. The molecular formula is C18H15ClF4N2O3. The molecule has 2 aromatic rings. The fourth-order valence-corrected chi connectivity index (χ4v) is 2.35. The monoisotopic (exact) mass is 418 g/mol. The second-order valence-electron chi connectivity index (χ2n) is 5.56. The summed E-state index contributed by atoms with van der Waals surface area (Å²) in [6.45, 7) is 0.967. The molecule has 1 unspecified atom stereocenters. The van der Waals surface area contributed by atoms with Crippen molar-refractivity contribution in [3.63, 3.8) is 0 Å². The largest absolute Gasteiger partial charge is 0.463 e. The van der Waals surface area contributed by atoms with Gasteiger partial charge in [-0.05, 0) is 55.5 Å². The summed E-state index contributed by atoms with van der Waals surface area (Å²) in [5.41, 5.74) is -4.01. The molecule has 0 bridgehead atoms. The van der Waals surface area contributed by atoms with Crippen LogP contribution in [0, 0.1) is 5.82 Å². The molecule has 1 amide bonds. The molecule has 0 heterocycles. The Kier molecular flexibility index (Phi) is 6.50. The number of ether oxygens (including phenoxy) is 1. The minimum atomic E-state index is -5.28. The highest BCUT2D eigenvalue weighted by atomic mass is 35.5. The van der Waals surface area contributed by atoms with Gasteiger partial charge in [-0.25, -0.2) is 9.18 Å². The van der Waals surface area contributed by atoms with Crippen LogP contribution < -0.4 is 10.6 Å². The third-order valence-corrected chi connectivity index (χ3v) is 3.84. The van der Waals surface area contributed by atoms with Crippen LogP contribution >= 0.6 is 11.6 Å². The Labute approximate surface area is 162 Å². The van der Waals surface area contributed by atoms with Crippen molar-refractivity contribution in [2.75, 3.05) is 11.9 Å². The maximum Gasteiger partial charge on any atom is 0.441 e. The van der Waals surface area contributed by atoms with Gasteiger partial charge in [0.25, 0.3) is 5.91 Å². The molecule has 150 valence electrons. The van der Waals surface area contributed by atoms with Crippen LogP contribution in [0.3, 0.4) is 0 Å². The predicted octanol–water partition coefficient (Wildman–Crippen LogP) is 4.14. The zero-order chi connectivity index (χ0) is 20.9. The van der Waals surface area contributed by atoms with Crippen molar-refractivity contribution < 1.29 is 31.9 Å². The van der Waals surface area contributed by atoms with Gasteiger partial charge in [-0.3, -0.25) is 4.79 Å². The molecule has 1 atom stereocenters. The number of benzene rings is 2. The number of rotatable bonds is 6. The second-order valence-corrected chi connectivity index (χ2v) is 6.00. The van der Waals surface area contributed by atoms with Crippen LogP contribution in [0.5, 0.6) is 0 Å². The van der Waals surface area contributed by atoms with Gasteiger partial charge >= 0.3 is 17.8 Å². The van der Waals surface area contributed by atoms with Crippen LogP contribution in [0.2, 0.25) is 5.02 Å². The highest BCUT2D eigenvalue weighted by Crippen LogP contribution is 2.33. The van der Waals surface area contributed by atoms with Gasteiger partial charge in [-0.1, -0.05) is 11.6 Å². The standard InChI is InChI=1S/C18H15ClF4N2O3/c1-2-28-16(27)17(18(21,22)23,24-14-9-5-12(19)6-10-14)25-15(26)11-3-7-13(20)8-4-11/h3-10,24H,2H2,1H3,(H,25,26). The molecule has 2 N–H and O–H groups in total. The summed E-state index contributed by atoms with van der Waals surface area (Å²) < 4.78 is 59.6. The lowest BCUT2D eigenvalue weighted by atomic mass is 10.1. The van der Waals surface area contributed by atoms with E-state index in [-0.39, 0.29) is 22.9 Å². The van der Waals surface area contributed by atoms with Crippen molar-refractivity contribution in [1.29, 1.82) is 0 Å². The summed E-state index contributed by atoms with van der Waals surface area (Å²) in [6.07, 6.45) is -5.28. The molecule has 2 aromatic carbocycles. The molecule has 0 aliphatic heterocycles. The predicted molar refractivity (Wildman–Crippen MR) is 94.4 cm³/mol. The van der Waals surface area contributed by atoms with Crippen LogP contribution in [-0.2, 0) is 9.53 Å². The fraction of sp³-hybridized carbons (Fsp3) is 0.222. The van der Waals surface area contributed by atoms with Gasteiger partial charge in [0.1, 0.15) is 5.82 Å². The van der Waals surface area contributed by atoms with Gasteiger partial charge in [0.15, 0.2) is 0 Å². The Balaban J connectivity index is 2.48. The van der Waals surface area contributed by atoms with Crippen LogP contribution in [0.1, 0.15) is 17.3 Å². The summed E-state index contributed by atoms with van der Waals surface area (Å²) in [5.74, 6) is -3.69. The Morgan fingerprint density at radius 2 is 1.61 bits per heavy atom. The number of esters is 1. The second kappa shape index (κ2) is 8.47. The minimum absolute atomic E-state index is 0.144. The first kappa shape index (κ1) is 21.5. The van der Waals surface area contributed by atoms with E-state index in [4.69, 9.17) is 11.6 Å². The van der Waals surface area contributed by atoms with Crippen LogP contribution in [0.25, 0.3) is 0 Å². The Bertz CT molecular complexity index is 841. The maximum absolute atomic E-state index is 14.0. The van der Waals surface area contributed by atoms with Crippen molar-refractivity contribution in [2.45, 2.75) is 18.8 Å². The zero-order valence-corrected chi connectivity index (χ0v) is 15.2. The van der Waals surface area contributed by atoms with E-state index in [0.717, 1.165) is 24.3 Å². The number of carbonyl (C=O) groups is 2. The molecule has 0 radical (unpaired) electrons. The SMILES string of the molecule is CCOC(=O)C(NC(=O)c1ccc(F)cc1)(Nc1ccc(Cl)cc1)C(F)(F)F. The first-order valence-electron chi connectivity index (χ1n) is 7.95. The summed E-state index contributed by atoms with van der Waals surface area (Å²) in [5, 5.41) is 3.90. The molecule has 28 heavy (non-hydrogen) atoms. The zero-order valence-electron chi connectivity index (χ0n) is 14.4. The molecule has 0 aliphatic rings. The van der Waals surface area contributed by atoms with E-state index in [1.165, 1.54) is 31.2 Å². The molecule has 0 aliphatic carbocycles. The van der Waals surface area contributed by atoms with Crippen LogP contribution in [0.4, 0.5) is 23.2 Å². The number of hydrogen-bond acceptors (Lipinski definition) is 4. The topological polar surface area (TPSA) is 67.4 Å². The third kappa shape index (κ3) is 4.72. The van der Waals surface area contributed by atoms with E-state index in [1.807, 2.05) is 5.32 Å². The number of hydrogen-bond donors (Lipinski definition) is 2. The molecule has 2 rings (SSSR count). The summed E-state index contributed by atoms with van der Waals surface area (Å²) in [6, 6.07) is 8.79. The summed E-state index contributed by atoms with van der Waals surface area (Å²) in [4.78, 5) is 24.7. The molecule has 5 nitrogen and oxygen atoms in total. The Hall–Kier alpha value is -2.81. The van der Waals surface area contributed by atoms with Crippen molar-refractivity contribution in [1.82, 2.24) is 5.32 Å². The average Bonchev–Trinajstić information content (AvgIpc) is 2.62. The lowest BCUT2D eigenvalue weighted by Gasteiger charge is -2.35. The number of amides is 1. The van der Waals surface area contributed by atoms with Crippen molar-refractivity contribution in [2.24, 2.45) is 0 Å². The summed E-state index contributed by atoms with van der Waals surface area (Å²) >= 11 is 5.72. The first-order valence-corrected chi connectivity index (χ1v) is 8.32. The van der Waals surface area contributed by atoms with E-state index < -0.39 is 29.5 Å². The van der Waals surface area contributed by atoms with E-state index in [2.05, 4.69) is 4.74 Å².